The maximum atomic E-state index is 13.6. The Morgan fingerprint density at radius 3 is 2.71 bits per heavy atom. The number of nitrogens with zero attached hydrogens (tertiary/aromatic N) is 3. The molecule has 3 fully saturated rings. The maximum Gasteiger partial charge on any atom is 0.175 e. The van der Waals surface area contributed by atoms with Crippen LogP contribution in [0.3, 0.4) is 0 Å². The molecule has 3 aromatic rings. The Morgan fingerprint density at radius 2 is 1.98 bits per heavy atom. The van der Waals surface area contributed by atoms with Crippen LogP contribution in [0.15, 0.2) is 65.5 Å². The summed E-state index contributed by atoms with van der Waals surface area (Å²) in [5.41, 5.74) is 2.42. The van der Waals surface area contributed by atoms with Crippen LogP contribution in [0.4, 0.5) is 0 Å². The number of Topliss-reactive ketones (excluding diaryl/α,β-unsaturated/α-hetero) is 1. The highest BCUT2D eigenvalue weighted by atomic mass is 32.2. The van der Waals surface area contributed by atoms with Crippen molar-refractivity contribution in [3.63, 3.8) is 0 Å². The van der Waals surface area contributed by atoms with Crippen molar-refractivity contribution in [2.24, 2.45) is 28.6 Å². The highest BCUT2D eigenvalue weighted by molar-refractivity contribution is 7.99. The van der Waals surface area contributed by atoms with Crippen molar-refractivity contribution in [3.8, 4) is 11.4 Å². The number of ether oxygens (including phenoxy) is 1. The van der Waals surface area contributed by atoms with Gasteiger partial charge in [-0.2, -0.15) is 5.10 Å². The van der Waals surface area contributed by atoms with Gasteiger partial charge in [0.15, 0.2) is 5.78 Å². The number of carbonyl (C=O) groups excluding carboxylic acids is 1. The van der Waals surface area contributed by atoms with E-state index in [1.165, 1.54) is 22.9 Å². The summed E-state index contributed by atoms with van der Waals surface area (Å²) in [6.45, 7) is 4.39. The number of hydrogen-bond donors (Lipinski definition) is 2. The van der Waals surface area contributed by atoms with Gasteiger partial charge in [-0.1, -0.05) is 37.2 Å². The number of ketones is 1. The number of benzene rings is 1. The number of pyridine rings is 1. The highest BCUT2D eigenvalue weighted by Crippen LogP contribution is 2.67. The first-order chi connectivity index (χ1) is 20.2. The first kappa shape index (κ1) is 27.9. The molecule has 220 valence electrons. The van der Waals surface area contributed by atoms with Crippen LogP contribution < -0.4 is 4.74 Å². The molecule has 2 N–H and O–H groups in total. The van der Waals surface area contributed by atoms with Crippen LogP contribution in [-0.4, -0.2) is 55.3 Å². The molecule has 42 heavy (non-hydrogen) atoms. The average Bonchev–Trinajstić information content (AvgIpc) is 3.52. The molecule has 0 amide bonds. The van der Waals surface area contributed by atoms with Gasteiger partial charge in [-0.05, 0) is 110 Å². The molecule has 4 aliphatic rings. The SMILES string of the molecule is COc1ccc(-n2ncc3c2C=C2CCC4C([C@@H](O)CC5(C)C4CCC5(O)C(=O)CSc4ccccn4)C2(C)C3)cc1. The van der Waals surface area contributed by atoms with Crippen LogP contribution in [0.5, 0.6) is 5.75 Å². The standard InChI is InChI=1S/C34H39N3O4S/c1-32-17-21-19-36-37(23-8-10-24(41-3)11-9-23)27(21)16-22(32)7-12-25-26-13-14-34(40,33(26,2)18-28(38)31(25)32)29(39)20-42-30-6-4-5-15-35-30/h4-6,8-11,15-16,19,25-26,28,31,38,40H,7,12-14,17-18,20H2,1-3H3/t25?,26?,28-,31?,32?,33?,34?/m0/s1. The van der Waals surface area contributed by atoms with E-state index in [4.69, 9.17) is 9.84 Å². The molecule has 0 radical (unpaired) electrons. The van der Waals surface area contributed by atoms with Crippen LogP contribution in [0.2, 0.25) is 0 Å². The van der Waals surface area contributed by atoms with E-state index in [0.717, 1.165) is 47.8 Å². The number of thioether (sulfide) groups is 1. The average molecular weight is 586 g/mol. The highest BCUT2D eigenvalue weighted by Gasteiger charge is 2.68. The Bertz CT molecular complexity index is 1540. The fourth-order valence-corrected chi connectivity index (χ4v) is 10.1. The minimum atomic E-state index is -1.43. The molecule has 6 unspecified atom stereocenters. The quantitative estimate of drug-likeness (QED) is 0.368. The number of aliphatic hydroxyl groups is 2. The molecule has 7 atom stereocenters. The topological polar surface area (TPSA) is 97.5 Å². The Morgan fingerprint density at radius 1 is 1.17 bits per heavy atom. The van der Waals surface area contributed by atoms with Crippen LogP contribution >= 0.6 is 11.8 Å². The smallest absolute Gasteiger partial charge is 0.175 e. The Hall–Kier alpha value is -2.94. The first-order valence-corrected chi connectivity index (χ1v) is 16.1. The van der Waals surface area contributed by atoms with E-state index in [1.54, 1.807) is 13.3 Å². The molecule has 7 rings (SSSR count). The fourth-order valence-electron chi connectivity index (χ4n) is 9.27. The predicted molar refractivity (Wildman–Crippen MR) is 162 cm³/mol. The molecule has 7 nitrogen and oxygen atoms in total. The summed E-state index contributed by atoms with van der Waals surface area (Å²) in [4.78, 5) is 18.0. The van der Waals surface area contributed by atoms with Gasteiger partial charge < -0.3 is 14.9 Å². The van der Waals surface area contributed by atoms with Gasteiger partial charge in [-0.25, -0.2) is 9.67 Å². The lowest BCUT2D eigenvalue weighted by Crippen LogP contribution is -2.62. The van der Waals surface area contributed by atoms with Crippen molar-refractivity contribution in [2.75, 3.05) is 12.9 Å². The van der Waals surface area contributed by atoms with E-state index in [1.807, 2.05) is 53.3 Å². The van der Waals surface area contributed by atoms with Gasteiger partial charge in [0.25, 0.3) is 0 Å². The van der Waals surface area contributed by atoms with Crippen molar-refractivity contribution in [1.82, 2.24) is 14.8 Å². The molecule has 0 aliphatic heterocycles. The molecule has 0 spiro atoms. The molecule has 8 heteroatoms. The molecular weight excluding hydrogens is 546 g/mol. The molecule has 2 heterocycles. The number of hydrogen-bond acceptors (Lipinski definition) is 7. The zero-order chi connectivity index (χ0) is 29.3. The Labute approximate surface area is 251 Å². The maximum absolute atomic E-state index is 13.6. The summed E-state index contributed by atoms with van der Waals surface area (Å²) in [7, 11) is 1.67. The van der Waals surface area contributed by atoms with Crippen molar-refractivity contribution >= 4 is 23.6 Å². The van der Waals surface area contributed by atoms with Crippen LogP contribution in [0, 0.1) is 28.6 Å². The molecule has 0 saturated heterocycles. The third-order valence-corrected chi connectivity index (χ3v) is 12.3. The predicted octanol–water partition coefficient (Wildman–Crippen LogP) is 5.52. The second-order valence-corrected chi connectivity index (χ2v) is 14.2. The van der Waals surface area contributed by atoms with Crippen molar-refractivity contribution in [3.05, 3.63) is 71.7 Å². The van der Waals surface area contributed by atoms with Gasteiger partial charge in [-0.15, -0.1) is 0 Å². The third-order valence-electron chi connectivity index (χ3n) is 11.3. The summed E-state index contributed by atoms with van der Waals surface area (Å²) in [5.74, 6) is 1.39. The molecule has 3 saturated carbocycles. The minimum absolute atomic E-state index is 0.0772. The van der Waals surface area contributed by atoms with Crippen molar-refractivity contribution in [2.45, 2.75) is 69.1 Å². The lowest BCUT2D eigenvalue weighted by Gasteiger charge is -2.60. The largest absolute Gasteiger partial charge is 0.497 e. The monoisotopic (exact) mass is 585 g/mol. The van der Waals surface area contributed by atoms with E-state index in [0.29, 0.717) is 12.8 Å². The first-order valence-electron chi connectivity index (χ1n) is 15.1. The van der Waals surface area contributed by atoms with Gasteiger partial charge in [0.1, 0.15) is 11.4 Å². The third kappa shape index (κ3) is 4.05. The Kier molecular flexibility index (Phi) is 6.68. The van der Waals surface area contributed by atoms with E-state index in [2.05, 4.69) is 24.9 Å². The van der Waals surface area contributed by atoms with Gasteiger partial charge >= 0.3 is 0 Å². The zero-order valence-corrected chi connectivity index (χ0v) is 25.3. The molecule has 4 aliphatic carbocycles. The van der Waals surface area contributed by atoms with Crippen molar-refractivity contribution < 1.29 is 19.7 Å². The summed E-state index contributed by atoms with van der Waals surface area (Å²) >= 11 is 1.38. The summed E-state index contributed by atoms with van der Waals surface area (Å²) in [6, 6.07) is 13.6. The molecule has 1 aromatic carbocycles. The molecule has 2 aromatic heterocycles. The number of allylic oxidation sites excluding steroid dienone is 1. The zero-order valence-electron chi connectivity index (χ0n) is 24.5. The molecular formula is C34H39N3O4S. The van der Waals surface area contributed by atoms with Gasteiger partial charge in [-0.3, -0.25) is 4.79 Å². The van der Waals surface area contributed by atoms with Gasteiger partial charge in [0, 0.05) is 11.6 Å². The van der Waals surface area contributed by atoms with Gasteiger partial charge in [0.2, 0.25) is 0 Å². The summed E-state index contributed by atoms with van der Waals surface area (Å²) < 4.78 is 7.34. The lowest BCUT2D eigenvalue weighted by atomic mass is 9.45. The van der Waals surface area contributed by atoms with Crippen LogP contribution in [0.25, 0.3) is 11.8 Å². The Balaban J connectivity index is 1.15. The summed E-state index contributed by atoms with van der Waals surface area (Å²) in [6.07, 6.45) is 9.88. The van der Waals surface area contributed by atoms with Crippen molar-refractivity contribution in [1.29, 1.82) is 0 Å². The number of fused-ring (bicyclic) bond motifs is 6. The number of rotatable bonds is 6. The van der Waals surface area contributed by atoms with E-state index in [-0.39, 0.29) is 34.7 Å². The normalized spacial score (nSPS) is 34.9. The second-order valence-electron chi connectivity index (χ2n) is 13.2. The van der Waals surface area contributed by atoms with Gasteiger partial charge in [0.05, 0.1) is 41.6 Å². The lowest BCUT2D eigenvalue weighted by molar-refractivity contribution is -0.177. The van der Waals surface area contributed by atoms with Crippen LogP contribution in [-0.2, 0) is 11.2 Å². The van der Waals surface area contributed by atoms with E-state index in [9.17, 15) is 15.0 Å². The second kappa shape index (κ2) is 10.1. The number of methoxy groups -OCH3 is 1. The van der Waals surface area contributed by atoms with E-state index >= 15 is 0 Å². The van der Waals surface area contributed by atoms with Crippen LogP contribution in [0.1, 0.15) is 57.2 Å². The minimum Gasteiger partial charge on any atom is -0.497 e. The number of carbonyl (C=O) groups is 1. The fraction of sp³-hybridized carbons (Fsp3) is 0.500. The van der Waals surface area contributed by atoms with E-state index < -0.39 is 17.1 Å². The number of aromatic nitrogens is 3. The molecule has 0 bridgehead atoms. The summed E-state index contributed by atoms with van der Waals surface area (Å²) in [5, 5.41) is 29.5. The number of aliphatic hydroxyl groups excluding tert-OH is 1.